The van der Waals surface area contributed by atoms with Gasteiger partial charge in [0.05, 0.1) is 12.7 Å². The highest BCUT2D eigenvalue weighted by molar-refractivity contribution is 14.0. The summed E-state index contributed by atoms with van der Waals surface area (Å²) < 4.78 is 11.4. The molecule has 0 aromatic heterocycles. The summed E-state index contributed by atoms with van der Waals surface area (Å²) in [5.74, 6) is 1.75. The molecule has 5 nitrogen and oxygen atoms in total. The highest BCUT2D eigenvalue weighted by Gasteiger charge is 2.13. The zero-order chi connectivity index (χ0) is 21.0. The van der Waals surface area contributed by atoms with Crippen LogP contribution in [0, 0.1) is 0 Å². The molecule has 1 saturated heterocycles. The topological polar surface area (TPSA) is 54.9 Å². The summed E-state index contributed by atoms with van der Waals surface area (Å²) in [5.41, 5.74) is 2.41. The molecule has 0 atom stereocenters. The van der Waals surface area contributed by atoms with Crippen LogP contribution in [0.4, 0.5) is 0 Å². The van der Waals surface area contributed by atoms with Gasteiger partial charge in [0.25, 0.3) is 0 Å². The molecule has 2 aromatic rings. The van der Waals surface area contributed by atoms with E-state index in [2.05, 4.69) is 39.9 Å². The lowest BCUT2D eigenvalue weighted by atomic mass is 10.1. The van der Waals surface area contributed by atoms with Gasteiger partial charge >= 0.3 is 0 Å². The van der Waals surface area contributed by atoms with Gasteiger partial charge in [0.1, 0.15) is 0 Å². The van der Waals surface area contributed by atoms with Gasteiger partial charge in [-0.25, -0.2) is 0 Å². The van der Waals surface area contributed by atoms with Crippen molar-refractivity contribution in [3.63, 3.8) is 0 Å². The zero-order valence-corrected chi connectivity index (χ0v) is 21.7. The molecule has 0 saturated carbocycles. The lowest BCUT2D eigenvalue weighted by Crippen LogP contribution is -2.37. The normalized spacial score (nSPS) is 14.7. The molecule has 0 amide bonds. The Balaban J connectivity index is 0.00000341. The van der Waals surface area contributed by atoms with E-state index in [9.17, 15) is 0 Å². The summed E-state index contributed by atoms with van der Waals surface area (Å²) >= 11 is 7.71. The number of aliphatic imine (C=N–C) groups is 1. The molecule has 0 bridgehead atoms. The summed E-state index contributed by atoms with van der Waals surface area (Å²) in [6.45, 7) is 3.84. The first-order chi connectivity index (χ1) is 14.7. The van der Waals surface area contributed by atoms with E-state index in [0.29, 0.717) is 12.7 Å². The minimum atomic E-state index is 0. The van der Waals surface area contributed by atoms with Crippen molar-refractivity contribution in [3.05, 3.63) is 64.7 Å². The molecule has 31 heavy (non-hydrogen) atoms. The van der Waals surface area contributed by atoms with Crippen molar-refractivity contribution in [3.8, 4) is 0 Å². The van der Waals surface area contributed by atoms with E-state index >= 15 is 0 Å². The third kappa shape index (κ3) is 9.99. The van der Waals surface area contributed by atoms with Gasteiger partial charge in [-0.15, -0.1) is 35.7 Å². The maximum absolute atomic E-state index is 5.98. The Morgan fingerprint density at radius 2 is 1.74 bits per heavy atom. The van der Waals surface area contributed by atoms with Crippen molar-refractivity contribution in [2.45, 2.75) is 37.0 Å². The Hall–Kier alpha value is -1.000. The van der Waals surface area contributed by atoms with Crippen LogP contribution in [-0.2, 0) is 22.6 Å². The molecule has 8 heteroatoms. The predicted octanol–water partition coefficient (Wildman–Crippen LogP) is 5.11. The molecule has 0 spiro atoms. The molecule has 0 unspecified atom stereocenters. The highest BCUT2D eigenvalue weighted by atomic mass is 127. The standard InChI is InChI=1S/C23H30ClN3O2S.HI/c1-25-23(26-12-15-30-22-8-6-20(24)7-9-22)27-16-18-2-4-19(5-3-18)17-29-21-10-13-28-14-11-21;/h2-9,21H,10-17H2,1H3,(H2,25,26,27);1H. The van der Waals surface area contributed by atoms with Crippen molar-refractivity contribution in [2.75, 3.05) is 32.6 Å². The van der Waals surface area contributed by atoms with Gasteiger partial charge < -0.3 is 20.1 Å². The lowest BCUT2D eigenvalue weighted by Gasteiger charge is -2.22. The molecule has 1 fully saturated rings. The number of rotatable bonds is 9. The number of hydrogen-bond donors (Lipinski definition) is 2. The average molecular weight is 576 g/mol. The number of thioether (sulfide) groups is 1. The molecule has 1 heterocycles. The van der Waals surface area contributed by atoms with Crippen LogP contribution in [-0.4, -0.2) is 44.6 Å². The Kier molecular flexibility index (Phi) is 12.7. The van der Waals surface area contributed by atoms with Crippen LogP contribution in [0.5, 0.6) is 0 Å². The summed E-state index contributed by atoms with van der Waals surface area (Å²) in [7, 11) is 1.79. The minimum Gasteiger partial charge on any atom is -0.381 e. The van der Waals surface area contributed by atoms with E-state index in [1.165, 1.54) is 16.0 Å². The largest absolute Gasteiger partial charge is 0.381 e. The lowest BCUT2D eigenvalue weighted by molar-refractivity contribution is -0.0390. The van der Waals surface area contributed by atoms with E-state index in [1.807, 2.05) is 24.3 Å². The monoisotopic (exact) mass is 575 g/mol. The third-order valence-electron chi connectivity index (χ3n) is 4.84. The maximum atomic E-state index is 5.98. The fourth-order valence-electron chi connectivity index (χ4n) is 3.09. The summed E-state index contributed by atoms with van der Waals surface area (Å²) in [4.78, 5) is 5.51. The van der Waals surface area contributed by atoms with E-state index in [4.69, 9.17) is 21.1 Å². The molecule has 2 N–H and O–H groups in total. The van der Waals surface area contributed by atoms with Gasteiger partial charge in [0.15, 0.2) is 5.96 Å². The molecular formula is C23H31ClIN3O2S. The van der Waals surface area contributed by atoms with Crippen LogP contribution in [0.2, 0.25) is 5.02 Å². The fourth-order valence-corrected chi connectivity index (χ4v) is 3.98. The Bertz CT molecular complexity index is 784. The van der Waals surface area contributed by atoms with Crippen LogP contribution in [0.15, 0.2) is 58.4 Å². The van der Waals surface area contributed by atoms with E-state index < -0.39 is 0 Å². The quantitative estimate of drug-likeness (QED) is 0.143. The number of nitrogens with zero attached hydrogens (tertiary/aromatic N) is 1. The number of benzene rings is 2. The fraction of sp³-hybridized carbons (Fsp3) is 0.435. The van der Waals surface area contributed by atoms with E-state index in [-0.39, 0.29) is 24.0 Å². The van der Waals surface area contributed by atoms with Crippen LogP contribution in [0.1, 0.15) is 24.0 Å². The predicted molar refractivity (Wildman–Crippen MR) is 141 cm³/mol. The van der Waals surface area contributed by atoms with Crippen molar-refractivity contribution in [2.24, 2.45) is 4.99 Å². The number of guanidine groups is 1. The summed E-state index contributed by atoms with van der Waals surface area (Å²) in [6, 6.07) is 16.5. The molecule has 3 rings (SSSR count). The first-order valence-electron chi connectivity index (χ1n) is 10.3. The van der Waals surface area contributed by atoms with Gasteiger partial charge in [-0.2, -0.15) is 0 Å². The third-order valence-corrected chi connectivity index (χ3v) is 6.10. The van der Waals surface area contributed by atoms with Crippen LogP contribution in [0.3, 0.4) is 0 Å². The van der Waals surface area contributed by atoms with Gasteiger partial charge in [-0.1, -0.05) is 35.9 Å². The van der Waals surface area contributed by atoms with Gasteiger partial charge in [-0.05, 0) is 48.2 Å². The number of ether oxygens (including phenoxy) is 2. The van der Waals surface area contributed by atoms with E-state index in [0.717, 1.165) is 55.9 Å². The first-order valence-corrected chi connectivity index (χ1v) is 11.7. The molecule has 0 aliphatic carbocycles. The molecule has 170 valence electrons. The van der Waals surface area contributed by atoms with Crippen molar-refractivity contribution in [1.82, 2.24) is 10.6 Å². The molecular weight excluding hydrogens is 545 g/mol. The van der Waals surface area contributed by atoms with Crippen molar-refractivity contribution >= 4 is 53.3 Å². The van der Waals surface area contributed by atoms with E-state index in [1.54, 1.807) is 18.8 Å². The second kappa shape index (κ2) is 14.9. The average Bonchev–Trinajstić information content (AvgIpc) is 2.80. The molecule has 1 aliphatic rings. The maximum Gasteiger partial charge on any atom is 0.191 e. The summed E-state index contributed by atoms with van der Waals surface area (Å²) in [6.07, 6.45) is 2.31. The number of hydrogen-bond acceptors (Lipinski definition) is 4. The van der Waals surface area contributed by atoms with Crippen molar-refractivity contribution < 1.29 is 9.47 Å². The van der Waals surface area contributed by atoms with Crippen molar-refractivity contribution in [1.29, 1.82) is 0 Å². The zero-order valence-electron chi connectivity index (χ0n) is 17.8. The SMILES string of the molecule is CN=C(NCCSc1ccc(Cl)cc1)NCc1ccc(COC2CCOCC2)cc1.I. The molecule has 1 aliphatic heterocycles. The highest BCUT2D eigenvalue weighted by Crippen LogP contribution is 2.19. The van der Waals surface area contributed by atoms with Crippen LogP contribution < -0.4 is 10.6 Å². The molecule has 0 radical (unpaired) electrons. The van der Waals surface area contributed by atoms with Crippen LogP contribution in [0.25, 0.3) is 0 Å². The van der Waals surface area contributed by atoms with Crippen LogP contribution >= 0.6 is 47.3 Å². The van der Waals surface area contributed by atoms with Gasteiger partial charge in [-0.3, -0.25) is 4.99 Å². The second-order valence-electron chi connectivity index (χ2n) is 7.09. The Morgan fingerprint density at radius 3 is 2.42 bits per heavy atom. The van der Waals surface area contributed by atoms with Gasteiger partial charge in [0.2, 0.25) is 0 Å². The second-order valence-corrected chi connectivity index (χ2v) is 8.70. The summed E-state index contributed by atoms with van der Waals surface area (Å²) in [5, 5.41) is 7.48. The minimum absolute atomic E-state index is 0. The first kappa shape index (κ1) is 26.3. The Labute approximate surface area is 211 Å². The van der Waals surface area contributed by atoms with Gasteiger partial charge in [0, 0.05) is 49.0 Å². The Morgan fingerprint density at radius 1 is 1.06 bits per heavy atom. The smallest absolute Gasteiger partial charge is 0.191 e. The molecule has 2 aromatic carbocycles. The number of nitrogens with one attached hydrogen (secondary N) is 2. The number of halogens is 2.